The van der Waals surface area contributed by atoms with E-state index in [0.29, 0.717) is 5.13 Å². The van der Waals surface area contributed by atoms with Gasteiger partial charge in [-0.25, -0.2) is 9.78 Å². The maximum Gasteiger partial charge on any atom is 0.321 e. The molecule has 7 nitrogen and oxygen atoms in total. The van der Waals surface area contributed by atoms with Crippen LogP contribution in [0.3, 0.4) is 0 Å². The number of hydrogen-bond acceptors (Lipinski definition) is 6. The Bertz CT molecular complexity index is 1110. The van der Waals surface area contributed by atoms with Crippen LogP contribution in [0.25, 0.3) is 0 Å². The summed E-state index contributed by atoms with van der Waals surface area (Å²) in [6, 6.07) is 16.2. The molecule has 35 heavy (non-hydrogen) atoms. The summed E-state index contributed by atoms with van der Waals surface area (Å²) >= 11 is 1.44. The number of carbonyl (C=O) groups is 1. The quantitative estimate of drug-likeness (QED) is 0.404. The fourth-order valence-electron chi connectivity index (χ4n) is 4.39. The van der Waals surface area contributed by atoms with Gasteiger partial charge in [-0.15, -0.1) is 11.3 Å². The monoisotopic (exact) mass is 493 g/mol. The van der Waals surface area contributed by atoms with Gasteiger partial charge in [0.2, 0.25) is 0 Å². The molecule has 1 aliphatic rings. The number of rotatable bonds is 8. The van der Waals surface area contributed by atoms with Gasteiger partial charge in [-0.1, -0.05) is 31.2 Å². The molecule has 0 spiro atoms. The molecule has 4 rings (SSSR count). The van der Waals surface area contributed by atoms with E-state index in [0.717, 1.165) is 49.6 Å². The zero-order chi connectivity index (χ0) is 24.8. The van der Waals surface area contributed by atoms with E-state index in [1.165, 1.54) is 22.6 Å². The van der Waals surface area contributed by atoms with E-state index in [1.54, 1.807) is 7.11 Å². The number of hydrogen-bond donors (Lipinski definition) is 3. The number of methoxy groups -OCH3 is 1. The lowest BCUT2D eigenvalue weighted by Gasteiger charge is -2.29. The van der Waals surface area contributed by atoms with Crippen LogP contribution in [-0.4, -0.2) is 44.3 Å². The lowest BCUT2D eigenvalue weighted by molar-refractivity contribution is 0.249. The van der Waals surface area contributed by atoms with E-state index in [-0.39, 0.29) is 17.5 Å². The predicted molar refractivity (Wildman–Crippen MR) is 144 cm³/mol. The van der Waals surface area contributed by atoms with Crippen LogP contribution in [0.15, 0.2) is 53.9 Å². The Morgan fingerprint density at radius 1 is 1.17 bits per heavy atom. The van der Waals surface area contributed by atoms with Gasteiger partial charge in [0.25, 0.3) is 0 Å². The highest BCUT2D eigenvalue weighted by Crippen LogP contribution is 2.37. The third kappa shape index (κ3) is 5.77. The Morgan fingerprint density at radius 2 is 1.86 bits per heavy atom. The predicted octanol–water partition coefficient (Wildman–Crippen LogP) is 5.16. The number of nitrogens with zero attached hydrogens (tertiary/aromatic N) is 2. The van der Waals surface area contributed by atoms with E-state index >= 15 is 0 Å². The topological polar surface area (TPSA) is 78.5 Å². The van der Waals surface area contributed by atoms with Crippen molar-refractivity contribution in [2.45, 2.75) is 38.6 Å². The molecular formula is C27H35N5O2S. The second-order valence-electron chi connectivity index (χ2n) is 9.10. The van der Waals surface area contributed by atoms with E-state index < -0.39 is 0 Å². The number of benzene rings is 2. The van der Waals surface area contributed by atoms with Crippen LogP contribution < -0.4 is 25.6 Å². The molecule has 0 radical (unpaired) electrons. The van der Waals surface area contributed by atoms with Crippen LogP contribution in [0.2, 0.25) is 0 Å². The number of carbonyl (C=O) groups excluding carboxylic acids is 1. The zero-order valence-electron chi connectivity index (χ0n) is 20.9. The Balaban J connectivity index is 1.37. The van der Waals surface area contributed by atoms with Crippen LogP contribution in [0.4, 0.5) is 15.6 Å². The number of ether oxygens (including phenoxy) is 1. The molecule has 1 aliphatic heterocycles. The van der Waals surface area contributed by atoms with Crippen molar-refractivity contribution in [1.29, 1.82) is 0 Å². The third-order valence-corrected chi connectivity index (χ3v) is 7.70. The van der Waals surface area contributed by atoms with Gasteiger partial charge < -0.3 is 20.3 Å². The zero-order valence-corrected chi connectivity index (χ0v) is 21.7. The molecule has 3 N–H and O–H groups in total. The highest BCUT2D eigenvalue weighted by Gasteiger charge is 2.30. The van der Waals surface area contributed by atoms with Crippen molar-refractivity contribution in [2.24, 2.45) is 0 Å². The molecular weight excluding hydrogens is 458 g/mol. The lowest BCUT2D eigenvalue weighted by Crippen LogP contribution is -2.43. The summed E-state index contributed by atoms with van der Waals surface area (Å²) in [5.41, 5.74) is 4.15. The molecule has 2 atom stereocenters. The summed E-state index contributed by atoms with van der Waals surface area (Å²) in [6.45, 7) is 10.4. The Hall–Kier alpha value is -3.10. The van der Waals surface area contributed by atoms with Gasteiger partial charge in [0.1, 0.15) is 5.75 Å². The van der Waals surface area contributed by atoms with Crippen molar-refractivity contribution in [3.8, 4) is 5.75 Å². The second kappa shape index (κ2) is 11.1. The standard InChI is InChI=1S/C27H35N5O2S/c1-5-27(3,21-8-12-23(34-4)13-9-21)24-18-35-26(30-24)31-25(33)29-19(2)20-6-10-22(11-7-20)32-16-14-28-15-17-32/h6-13,18-19,28H,5,14-17H2,1-4H3,(H2,29,30,31,33). The fourth-order valence-corrected chi connectivity index (χ4v) is 5.23. The molecule has 2 amide bonds. The third-order valence-electron chi connectivity index (χ3n) is 6.95. The molecule has 186 valence electrons. The molecule has 1 saturated heterocycles. The maximum absolute atomic E-state index is 12.7. The summed E-state index contributed by atoms with van der Waals surface area (Å²) in [7, 11) is 1.67. The maximum atomic E-state index is 12.7. The minimum Gasteiger partial charge on any atom is -0.497 e. The molecule has 8 heteroatoms. The summed E-state index contributed by atoms with van der Waals surface area (Å²) in [5, 5.41) is 11.9. The van der Waals surface area contributed by atoms with Gasteiger partial charge in [-0.05, 0) is 55.7 Å². The van der Waals surface area contributed by atoms with Crippen LogP contribution in [0.5, 0.6) is 5.75 Å². The van der Waals surface area contributed by atoms with Gasteiger partial charge in [0.15, 0.2) is 5.13 Å². The SMILES string of the molecule is CCC(C)(c1ccc(OC)cc1)c1csc(NC(=O)NC(C)c2ccc(N3CCNCC3)cc2)n1. The van der Waals surface area contributed by atoms with Crippen molar-refractivity contribution >= 4 is 28.2 Å². The Labute approximate surface area is 211 Å². The fraction of sp³-hybridized carbons (Fsp3) is 0.407. The molecule has 2 unspecified atom stereocenters. The largest absolute Gasteiger partial charge is 0.497 e. The molecule has 1 aromatic heterocycles. The normalized spacial score (nSPS) is 16.3. The number of anilines is 2. The first-order valence-electron chi connectivity index (χ1n) is 12.2. The average Bonchev–Trinajstić information content (AvgIpc) is 3.37. The van der Waals surface area contributed by atoms with Crippen molar-refractivity contribution in [1.82, 2.24) is 15.6 Å². The molecule has 0 bridgehead atoms. The van der Waals surface area contributed by atoms with Crippen LogP contribution >= 0.6 is 11.3 Å². The first-order valence-corrected chi connectivity index (χ1v) is 13.0. The highest BCUT2D eigenvalue weighted by molar-refractivity contribution is 7.13. The molecule has 0 saturated carbocycles. The van der Waals surface area contributed by atoms with Crippen LogP contribution in [0.1, 0.15) is 50.1 Å². The van der Waals surface area contributed by atoms with Gasteiger partial charge >= 0.3 is 6.03 Å². The molecule has 1 fully saturated rings. The van der Waals surface area contributed by atoms with E-state index in [9.17, 15) is 4.79 Å². The molecule has 2 aromatic carbocycles. The molecule has 2 heterocycles. The number of piperazine rings is 1. The first kappa shape index (κ1) is 25.0. The van der Waals surface area contributed by atoms with Gasteiger partial charge in [-0.2, -0.15) is 0 Å². The summed E-state index contributed by atoms with van der Waals surface area (Å²) in [5.74, 6) is 0.831. The Kier molecular flexibility index (Phi) is 7.93. The van der Waals surface area contributed by atoms with Crippen molar-refractivity contribution < 1.29 is 9.53 Å². The van der Waals surface area contributed by atoms with Gasteiger partial charge in [0, 0.05) is 42.7 Å². The summed E-state index contributed by atoms with van der Waals surface area (Å²) in [6.07, 6.45) is 0.885. The first-order chi connectivity index (χ1) is 16.9. The molecule has 3 aromatic rings. The van der Waals surface area contributed by atoms with Gasteiger partial charge in [0.05, 0.1) is 18.8 Å². The number of nitrogens with one attached hydrogen (secondary N) is 3. The minimum atomic E-state index is -0.257. The number of thiazole rings is 1. The number of urea groups is 1. The minimum absolute atomic E-state index is 0.119. The molecule has 0 aliphatic carbocycles. The van der Waals surface area contributed by atoms with E-state index in [4.69, 9.17) is 9.72 Å². The Morgan fingerprint density at radius 3 is 2.49 bits per heavy atom. The summed E-state index contributed by atoms with van der Waals surface area (Å²) < 4.78 is 5.29. The van der Waals surface area contributed by atoms with Crippen molar-refractivity contribution in [3.05, 3.63) is 70.7 Å². The van der Waals surface area contributed by atoms with Crippen molar-refractivity contribution in [3.63, 3.8) is 0 Å². The lowest BCUT2D eigenvalue weighted by atomic mass is 9.78. The van der Waals surface area contributed by atoms with Gasteiger partial charge in [-0.3, -0.25) is 5.32 Å². The second-order valence-corrected chi connectivity index (χ2v) is 9.96. The van der Waals surface area contributed by atoms with Crippen molar-refractivity contribution in [2.75, 3.05) is 43.5 Å². The highest BCUT2D eigenvalue weighted by atomic mass is 32.1. The van der Waals surface area contributed by atoms with E-state index in [1.807, 2.05) is 24.4 Å². The van der Waals surface area contributed by atoms with E-state index in [2.05, 4.69) is 71.1 Å². The number of aromatic nitrogens is 1. The summed E-state index contributed by atoms with van der Waals surface area (Å²) in [4.78, 5) is 19.8. The van der Waals surface area contributed by atoms with Crippen LogP contribution in [-0.2, 0) is 5.41 Å². The smallest absolute Gasteiger partial charge is 0.321 e. The van der Waals surface area contributed by atoms with Crippen LogP contribution in [0, 0.1) is 0 Å². The average molecular weight is 494 g/mol. The number of amides is 2.